The number of hydrogen-bond acceptors (Lipinski definition) is 7. The molecule has 2 saturated heterocycles. The van der Waals surface area contributed by atoms with Crippen molar-refractivity contribution in [3.63, 3.8) is 0 Å². The second-order valence-corrected chi connectivity index (χ2v) is 13.2. The fourth-order valence-corrected chi connectivity index (χ4v) is 7.83. The van der Waals surface area contributed by atoms with Gasteiger partial charge in [-0.15, -0.1) is 11.3 Å². The summed E-state index contributed by atoms with van der Waals surface area (Å²) in [6.45, 7) is -0.104. The van der Waals surface area contributed by atoms with Gasteiger partial charge in [-0.25, -0.2) is 12.8 Å². The minimum atomic E-state index is -3.28. The molecule has 0 aliphatic carbocycles. The second-order valence-electron chi connectivity index (χ2n) is 7.88. The molecule has 4 rings (SSSR count). The minimum Gasteiger partial charge on any atom is -0.334 e. The highest BCUT2D eigenvalue weighted by molar-refractivity contribution is 8.26. The van der Waals surface area contributed by atoms with E-state index in [0.29, 0.717) is 9.23 Å². The van der Waals surface area contributed by atoms with E-state index in [1.54, 1.807) is 6.08 Å². The van der Waals surface area contributed by atoms with Crippen LogP contribution in [0.25, 0.3) is 6.08 Å². The first-order chi connectivity index (χ1) is 16.1. The summed E-state index contributed by atoms with van der Waals surface area (Å²) in [6, 6.07) is 7.42. The van der Waals surface area contributed by atoms with Crippen molar-refractivity contribution in [2.75, 3.05) is 18.1 Å². The fraction of sp³-hybridized carbons (Fsp3) is 0.318. The Morgan fingerprint density at radius 1 is 1.32 bits per heavy atom. The van der Waals surface area contributed by atoms with E-state index in [1.807, 2.05) is 17.5 Å². The van der Waals surface area contributed by atoms with Gasteiger partial charge in [0.15, 0.2) is 9.84 Å². The van der Waals surface area contributed by atoms with Gasteiger partial charge in [0.05, 0.1) is 23.0 Å². The molecular weight excluding hydrogens is 539 g/mol. The van der Waals surface area contributed by atoms with Crippen LogP contribution in [0, 0.1) is 5.82 Å². The van der Waals surface area contributed by atoms with Gasteiger partial charge < -0.3 is 4.90 Å². The van der Waals surface area contributed by atoms with Crippen LogP contribution in [0.2, 0.25) is 5.02 Å². The quantitative estimate of drug-likeness (QED) is 0.372. The van der Waals surface area contributed by atoms with E-state index in [0.717, 1.165) is 4.88 Å². The molecule has 1 unspecified atom stereocenters. The van der Waals surface area contributed by atoms with Crippen LogP contribution in [0.5, 0.6) is 0 Å². The summed E-state index contributed by atoms with van der Waals surface area (Å²) in [7, 11) is -3.28. The van der Waals surface area contributed by atoms with Crippen LogP contribution < -0.4 is 0 Å². The van der Waals surface area contributed by atoms with Gasteiger partial charge in [0, 0.05) is 34.5 Å². The molecule has 0 N–H and O–H groups in total. The summed E-state index contributed by atoms with van der Waals surface area (Å²) in [5, 5.41) is 2.07. The van der Waals surface area contributed by atoms with Crippen molar-refractivity contribution >= 4 is 79.0 Å². The Bertz CT molecular complexity index is 1240. The highest BCUT2D eigenvalue weighted by Gasteiger charge is 2.37. The lowest BCUT2D eigenvalue weighted by Gasteiger charge is -2.29. The molecule has 0 saturated carbocycles. The van der Waals surface area contributed by atoms with Crippen LogP contribution >= 0.6 is 46.9 Å². The highest BCUT2D eigenvalue weighted by Crippen LogP contribution is 2.33. The van der Waals surface area contributed by atoms with Gasteiger partial charge in [0.25, 0.3) is 5.91 Å². The van der Waals surface area contributed by atoms with Crippen LogP contribution in [0.4, 0.5) is 4.39 Å². The Kier molecular flexibility index (Phi) is 7.78. The number of thiophene rings is 1. The average molecular weight is 559 g/mol. The number of carbonyl (C=O) groups is 2. The van der Waals surface area contributed by atoms with Crippen LogP contribution in [0.15, 0.2) is 40.6 Å². The molecule has 1 atom stereocenters. The second kappa shape index (κ2) is 10.4. The Morgan fingerprint density at radius 3 is 2.76 bits per heavy atom. The lowest BCUT2D eigenvalue weighted by molar-refractivity contribution is -0.134. The molecule has 12 heteroatoms. The zero-order valence-electron chi connectivity index (χ0n) is 17.8. The van der Waals surface area contributed by atoms with E-state index in [4.69, 9.17) is 23.8 Å². The van der Waals surface area contributed by atoms with Crippen LogP contribution in [-0.2, 0) is 26.0 Å². The van der Waals surface area contributed by atoms with E-state index in [-0.39, 0.29) is 53.9 Å². The lowest BCUT2D eigenvalue weighted by atomic mass is 10.1. The third-order valence-corrected chi connectivity index (χ3v) is 9.90. The number of rotatable bonds is 7. The maximum absolute atomic E-state index is 14.4. The number of nitrogens with zero attached hydrogens (tertiary/aromatic N) is 2. The zero-order valence-corrected chi connectivity index (χ0v) is 21.8. The molecule has 34 heavy (non-hydrogen) atoms. The van der Waals surface area contributed by atoms with Crippen molar-refractivity contribution in [3.05, 3.63) is 61.9 Å². The third kappa shape index (κ3) is 5.71. The van der Waals surface area contributed by atoms with Crippen molar-refractivity contribution in [1.29, 1.82) is 0 Å². The number of thiocarbonyl (C=S) groups is 1. The molecular formula is C22H20ClFN2O4S4. The number of halogens is 2. The molecule has 1 aromatic carbocycles. The normalized spacial score (nSPS) is 20.9. The van der Waals surface area contributed by atoms with Crippen molar-refractivity contribution in [2.24, 2.45) is 0 Å². The monoisotopic (exact) mass is 558 g/mol. The largest absolute Gasteiger partial charge is 0.334 e. The maximum Gasteiger partial charge on any atom is 0.266 e. The van der Waals surface area contributed by atoms with Gasteiger partial charge in [-0.05, 0) is 36.1 Å². The summed E-state index contributed by atoms with van der Waals surface area (Å²) in [4.78, 5) is 30.2. The van der Waals surface area contributed by atoms with E-state index < -0.39 is 27.6 Å². The number of sulfone groups is 1. The number of benzene rings is 1. The molecule has 0 radical (unpaired) electrons. The van der Waals surface area contributed by atoms with Crippen molar-refractivity contribution in [1.82, 2.24) is 9.80 Å². The molecule has 2 aromatic rings. The lowest BCUT2D eigenvalue weighted by Crippen LogP contribution is -2.42. The standard InChI is InChI=1S/C22H20ClFN2O4S4/c23-17-4-1-5-18(24)16(17)12-26(14-7-10-34(29,30)13-14)20(27)6-8-25-21(28)19(33-22(25)31)11-15-3-2-9-32-15/h1-5,9,11,14H,6-8,10,12-13H2/b19-11-. The molecule has 2 aliphatic heterocycles. The van der Waals surface area contributed by atoms with Gasteiger partial charge in [-0.2, -0.15) is 0 Å². The molecule has 1 aromatic heterocycles. The number of hydrogen-bond donors (Lipinski definition) is 0. The Labute approximate surface area is 215 Å². The van der Waals surface area contributed by atoms with Crippen molar-refractivity contribution in [3.8, 4) is 0 Å². The molecule has 3 heterocycles. The van der Waals surface area contributed by atoms with Crippen LogP contribution in [0.3, 0.4) is 0 Å². The average Bonchev–Trinajstić information content (AvgIpc) is 3.47. The Hall–Kier alpha value is -1.79. The number of amides is 2. The highest BCUT2D eigenvalue weighted by atomic mass is 35.5. The smallest absolute Gasteiger partial charge is 0.266 e. The summed E-state index contributed by atoms with van der Waals surface area (Å²) in [6.07, 6.45) is 1.95. The zero-order chi connectivity index (χ0) is 24.5. The Balaban J connectivity index is 1.49. The van der Waals surface area contributed by atoms with Crippen molar-refractivity contribution < 1.29 is 22.4 Å². The first kappa shape index (κ1) is 25.3. The van der Waals surface area contributed by atoms with Gasteiger partial charge in [-0.3, -0.25) is 14.5 Å². The van der Waals surface area contributed by atoms with Gasteiger partial charge in [-0.1, -0.05) is 47.7 Å². The summed E-state index contributed by atoms with van der Waals surface area (Å²) < 4.78 is 38.9. The first-order valence-electron chi connectivity index (χ1n) is 10.4. The molecule has 0 spiro atoms. The maximum atomic E-state index is 14.4. The van der Waals surface area contributed by atoms with E-state index in [2.05, 4.69) is 0 Å². The molecule has 2 aliphatic rings. The van der Waals surface area contributed by atoms with E-state index >= 15 is 0 Å². The summed E-state index contributed by atoms with van der Waals surface area (Å²) in [5.74, 6) is -1.45. The van der Waals surface area contributed by atoms with E-state index in [9.17, 15) is 22.4 Å². The fourth-order valence-electron chi connectivity index (χ4n) is 3.84. The third-order valence-electron chi connectivity index (χ3n) is 5.60. The predicted molar refractivity (Wildman–Crippen MR) is 138 cm³/mol. The van der Waals surface area contributed by atoms with Gasteiger partial charge >= 0.3 is 0 Å². The van der Waals surface area contributed by atoms with Crippen molar-refractivity contribution in [2.45, 2.75) is 25.4 Å². The SMILES string of the molecule is O=C1/C(=C/c2cccs2)SC(=S)N1CCC(=O)N(Cc1c(F)cccc1Cl)C1CCS(=O)(=O)C1. The minimum absolute atomic E-state index is 0.0331. The van der Waals surface area contributed by atoms with Gasteiger partial charge in [0.1, 0.15) is 10.1 Å². The topological polar surface area (TPSA) is 74.8 Å². The molecule has 2 amide bonds. The molecule has 6 nitrogen and oxygen atoms in total. The predicted octanol–water partition coefficient (Wildman–Crippen LogP) is 4.35. The first-order valence-corrected chi connectivity index (χ1v) is 14.7. The van der Waals surface area contributed by atoms with E-state index in [1.165, 1.54) is 51.1 Å². The molecule has 0 bridgehead atoms. The molecule has 180 valence electrons. The summed E-state index contributed by atoms with van der Waals surface area (Å²) in [5.41, 5.74) is 0.131. The van der Waals surface area contributed by atoms with Crippen LogP contribution in [0.1, 0.15) is 23.3 Å². The Morgan fingerprint density at radius 2 is 2.12 bits per heavy atom. The van der Waals surface area contributed by atoms with Crippen LogP contribution in [-0.4, -0.2) is 58.4 Å². The summed E-state index contributed by atoms with van der Waals surface area (Å²) >= 11 is 14.2. The number of carbonyl (C=O) groups excluding carboxylic acids is 2. The molecule has 2 fully saturated rings. The van der Waals surface area contributed by atoms with Gasteiger partial charge in [0.2, 0.25) is 5.91 Å². The number of thioether (sulfide) groups is 1.